The molecule has 0 aliphatic heterocycles. The predicted octanol–water partition coefficient (Wildman–Crippen LogP) is 2.81. The third kappa shape index (κ3) is 2.00. The van der Waals surface area contributed by atoms with Crippen LogP contribution in [0.2, 0.25) is 0 Å². The maximum Gasteiger partial charge on any atom is 0.237 e. The van der Waals surface area contributed by atoms with Crippen LogP contribution >= 0.6 is 0 Å². The van der Waals surface area contributed by atoms with Crippen LogP contribution in [0.1, 0.15) is 25.8 Å². The number of carbonyl (C=O) groups is 1. The van der Waals surface area contributed by atoms with E-state index in [0.29, 0.717) is 13.0 Å². The molecule has 1 aliphatic rings. The lowest BCUT2D eigenvalue weighted by Crippen LogP contribution is -2.40. The molecule has 0 radical (unpaired) electrons. The molecular formula is C15H18O3. The molecule has 18 heavy (non-hydrogen) atoms. The number of hydrogen-bond donors (Lipinski definition) is 0. The standard InChI is InChI=1S/C15H18O3/c1-4-18-15(17-3)10-11(2)13(14(15)16)12-8-6-5-7-9-12/h5-9H,4,10H2,1-3H3. The van der Waals surface area contributed by atoms with Crippen LogP contribution in [-0.4, -0.2) is 25.3 Å². The summed E-state index contributed by atoms with van der Waals surface area (Å²) in [5.74, 6) is -1.19. The third-order valence-corrected chi connectivity index (χ3v) is 3.27. The zero-order valence-corrected chi connectivity index (χ0v) is 11.0. The summed E-state index contributed by atoms with van der Waals surface area (Å²) in [6, 6.07) is 9.67. The summed E-state index contributed by atoms with van der Waals surface area (Å²) in [4.78, 5) is 12.6. The van der Waals surface area contributed by atoms with E-state index in [2.05, 4.69) is 0 Å². The van der Waals surface area contributed by atoms with E-state index in [1.54, 1.807) is 0 Å². The van der Waals surface area contributed by atoms with Gasteiger partial charge in [0.2, 0.25) is 11.6 Å². The number of Topliss-reactive ketones (excluding diaryl/α,β-unsaturated/α-hetero) is 1. The molecule has 0 fully saturated rings. The first-order valence-corrected chi connectivity index (χ1v) is 6.13. The summed E-state index contributed by atoms with van der Waals surface area (Å²) >= 11 is 0. The van der Waals surface area contributed by atoms with Crippen LogP contribution in [0.25, 0.3) is 5.57 Å². The second kappa shape index (κ2) is 5.04. The van der Waals surface area contributed by atoms with Crippen LogP contribution in [-0.2, 0) is 14.3 Å². The predicted molar refractivity (Wildman–Crippen MR) is 70.0 cm³/mol. The van der Waals surface area contributed by atoms with Gasteiger partial charge in [0.25, 0.3) is 0 Å². The van der Waals surface area contributed by atoms with E-state index in [9.17, 15) is 4.79 Å². The lowest BCUT2D eigenvalue weighted by molar-refractivity contribution is -0.207. The largest absolute Gasteiger partial charge is 0.346 e. The second-order valence-electron chi connectivity index (χ2n) is 4.42. The van der Waals surface area contributed by atoms with E-state index >= 15 is 0 Å². The zero-order chi connectivity index (χ0) is 13.2. The van der Waals surface area contributed by atoms with Gasteiger partial charge >= 0.3 is 0 Å². The highest BCUT2D eigenvalue weighted by Gasteiger charge is 2.47. The quantitative estimate of drug-likeness (QED) is 0.766. The molecule has 1 aliphatic carbocycles. The van der Waals surface area contributed by atoms with Crippen molar-refractivity contribution in [3.8, 4) is 0 Å². The van der Waals surface area contributed by atoms with Crippen LogP contribution in [0.5, 0.6) is 0 Å². The molecule has 0 aromatic heterocycles. The first-order valence-electron chi connectivity index (χ1n) is 6.13. The van der Waals surface area contributed by atoms with Crippen LogP contribution in [0.4, 0.5) is 0 Å². The van der Waals surface area contributed by atoms with E-state index in [0.717, 1.165) is 16.7 Å². The van der Waals surface area contributed by atoms with E-state index in [4.69, 9.17) is 9.47 Å². The number of rotatable bonds is 4. The van der Waals surface area contributed by atoms with E-state index in [1.807, 2.05) is 44.2 Å². The smallest absolute Gasteiger partial charge is 0.237 e. The molecule has 0 spiro atoms. The van der Waals surface area contributed by atoms with Gasteiger partial charge in [0, 0.05) is 25.7 Å². The van der Waals surface area contributed by atoms with Gasteiger partial charge in [-0.3, -0.25) is 4.79 Å². The molecule has 2 rings (SSSR count). The highest BCUT2D eigenvalue weighted by atomic mass is 16.7. The van der Waals surface area contributed by atoms with Crippen LogP contribution < -0.4 is 0 Å². The highest BCUT2D eigenvalue weighted by Crippen LogP contribution is 2.39. The van der Waals surface area contributed by atoms with Crippen LogP contribution in [0.3, 0.4) is 0 Å². The van der Waals surface area contributed by atoms with Crippen molar-refractivity contribution in [3.05, 3.63) is 41.5 Å². The average Bonchev–Trinajstić information content (AvgIpc) is 2.63. The topological polar surface area (TPSA) is 35.5 Å². The second-order valence-corrected chi connectivity index (χ2v) is 4.42. The molecule has 3 heteroatoms. The Labute approximate surface area is 107 Å². The van der Waals surface area contributed by atoms with Gasteiger partial charge in [-0.2, -0.15) is 0 Å². The van der Waals surface area contributed by atoms with Gasteiger partial charge in [-0.15, -0.1) is 0 Å². The Bertz CT molecular complexity index is 476. The van der Waals surface area contributed by atoms with Gasteiger partial charge < -0.3 is 9.47 Å². The Balaban J connectivity index is 2.39. The molecular weight excluding hydrogens is 228 g/mol. The third-order valence-electron chi connectivity index (χ3n) is 3.27. The van der Waals surface area contributed by atoms with Crippen molar-refractivity contribution in [1.29, 1.82) is 0 Å². The normalized spacial score (nSPS) is 23.8. The monoisotopic (exact) mass is 246 g/mol. The molecule has 96 valence electrons. The number of methoxy groups -OCH3 is 1. The van der Waals surface area contributed by atoms with E-state index in [-0.39, 0.29) is 5.78 Å². The van der Waals surface area contributed by atoms with Crippen molar-refractivity contribution in [2.75, 3.05) is 13.7 Å². The number of ketones is 1. The maximum absolute atomic E-state index is 12.6. The van der Waals surface area contributed by atoms with Crippen LogP contribution in [0.15, 0.2) is 35.9 Å². The lowest BCUT2D eigenvalue weighted by Gasteiger charge is -2.26. The Morgan fingerprint density at radius 2 is 1.94 bits per heavy atom. The minimum Gasteiger partial charge on any atom is -0.346 e. The van der Waals surface area contributed by atoms with E-state index < -0.39 is 5.79 Å². The van der Waals surface area contributed by atoms with Crippen molar-refractivity contribution in [2.45, 2.75) is 26.1 Å². The van der Waals surface area contributed by atoms with Gasteiger partial charge in [-0.1, -0.05) is 35.9 Å². The fraction of sp³-hybridized carbons (Fsp3) is 0.400. The number of carbonyl (C=O) groups excluding carboxylic acids is 1. The van der Waals surface area contributed by atoms with Gasteiger partial charge in [0.15, 0.2) is 0 Å². The minimum atomic E-state index is -1.12. The summed E-state index contributed by atoms with van der Waals surface area (Å²) in [7, 11) is 1.52. The highest BCUT2D eigenvalue weighted by molar-refractivity contribution is 6.27. The van der Waals surface area contributed by atoms with Gasteiger partial charge in [0.1, 0.15) is 0 Å². The summed E-state index contributed by atoms with van der Waals surface area (Å²) in [5, 5.41) is 0. The van der Waals surface area contributed by atoms with Gasteiger partial charge in [-0.25, -0.2) is 0 Å². The molecule has 0 N–H and O–H groups in total. The molecule has 1 aromatic carbocycles. The molecule has 0 saturated carbocycles. The molecule has 0 heterocycles. The van der Waals surface area contributed by atoms with Crippen molar-refractivity contribution < 1.29 is 14.3 Å². The maximum atomic E-state index is 12.6. The Hall–Kier alpha value is -1.45. The summed E-state index contributed by atoms with van der Waals surface area (Å²) in [6.45, 7) is 4.28. The Morgan fingerprint density at radius 3 is 2.50 bits per heavy atom. The molecule has 3 nitrogen and oxygen atoms in total. The van der Waals surface area contributed by atoms with Gasteiger partial charge in [-0.05, 0) is 19.4 Å². The fourth-order valence-corrected chi connectivity index (χ4v) is 2.46. The van der Waals surface area contributed by atoms with Crippen molar-refractivity contribution in [3.63, 3.8) is 0 Å². The summed E-state index contributed by atoms with van der Waals surface area (Å²) < 4.78 is 10.9. The number of hydrogen-bond acceptors (Lipinski definition) is 3. The Kier molecular flexibility index (Phi) is 3.64. The lowest BCUT2D eigenvalue weighted by atomic mass is 10.0. The minimum absolute atomic E-state index is 0.0736. The number of ether oxygens (including phenoxy) is 2. The van der Waals surface area contributed by atoms with Crippen LogP contribution in [0, 0.1) is 0 Å². The molecule has 1 atom stereocenters. The first-order chi connectivity index (χ1) is 8.64. The fourth-order valence-electron chi connectivity index (χ4n) is 2.46. The SMILES string of the molecule is CCOC1(OC)CC(C)=C(c2ccccc2)C1=O. The van der Waals surface area contributed by atoms with Crippen molar-refractivity contribution in [2.24, 2.45) is 0 Å². The molecule has 0 saturated heterocycles. The molecule has 1 unspecified atom stereocenters. The molecule has 0 amide bonds. The van der Waals surface area contributed by atoms with Crippen molar-refractivity contribution >= 4 is 11.4 Å². The first kappa shape index (κ1) is 13.0. The average molecular weight is 246 g/mol. The summed E-state index contributed by atoms with van der Waals surface area (Å²) in [5.41, 5.74) is 2.67. The zero-order valence-electron chi connectivity index (χ0n) is 11.0. The van der Waals surface area contributed by atoms with E-state index in [1.165, 1.54) is 7.11 Å². The summed E-state index contributed by atoms with van der Waals surface area (Å²) in [6.07, 6.45) is 0.500. The molecule has 1 aromatic rings. The number of benzene rings is 1. The van der Waals surface area contributed by atoms with Gasteiger partial charge in [0.05, 0.1) is 0 Å². The van der Waals surface area contributed by atoms with Crippen molar-refractivity contribution in [1.82, 2.24) is 0 Å². The molecule has 0 bridgehead atoms. The Morgan fingerprint density at radius 1 is 1.28 bits per heavy atom.